The molecule has 6 heteroatoms. The molecule has 1 atom stereocenters. The zero-order valence-corrected chi connectivity index (χ0v) is 14.6. The number of nitrogens with one attached hydrogen (secondary N) is 1. The molecule has 2 aromatic rings. The van der Waals surface area contributed by atoms with E-state index in [9.17, 15) is 9.59 Å². The summed E-state index contributed by atoms with van der Waals surface area (Å²) in [5, 5.41) is 3.94. The normalized spacial score (nSPS) is 15.2. The van der Waals surface area contributed by atoms with Gasteiger partial charge in [-0.1, -0.05) is 12.1 Å². The number of aryl methyl sites for hydroxylation is 1. The van der Waals surface area contributed by atoms with Crippen LogP contribution in [-0.4, -0.2) is 29.0 Å². The summed E-state index contributed by atoms with van der Waals surface area (Å²) in [7, 11) is 0. The second kappa shape index (κ2) is 7.75. The Kier molecular flexibility index (Phi) is 5.45. The van der Waals surface area contributed by atoms with Crippen LogP contribution in [-0.2, 0) is 20.7 Å². The van der Waals surface area contributed by atoms with Gasteiger partial charge in [0.2, 0.25) is 0 Å². The Morgan fingerprint density at radius 2 is 2.12 bits per heavy atom. The van der Waals surface area contributed by atoms with Crippen LogP contribution in [0.5, 0.6) is 0 Å². The summed E-state index contributed by atoms with van der Waals surface area (Å²) >= 11 is 1.70. The highest BCUT2D eigenvalue weighted by Gasteiger charge is 2.27. The highest BCUT2D eigenvalue weighted by atomic mass is 32.1. The van der Waals surface area contributed by atoms with Gasteiger partial charge in [-0.15, -0.1) is 11.3 Å². The van der Waals surface area contributed by atoms with Gasteiger partial charge in [0.25, 0.3) is 5.91 Å². The number of para-hydroxylation sites is 1. The van der Waals surface area contributed by atoms with E-state index in [0.29, 0.717) is 6.42 Å². The fourth-order valence-electron chi connectivity index (χ4n) is 2.43. The van der Waals surface area contributed by atoms with E-state index in [2.05, 4.69) is 16.4 Å². The Bertz CT molecular complexity index is 691. The summed E-state index contributed by atoms with van der Waals surface area (Å²) < 4.78 is 6.37. The van der Waals surface area contributed by atoms with Crippen molar-refractivity contribution in [2.24, 2.45) is 0 Å². The molecule has 1 N–H and O–H groups in total. The lowest BCUT2D eigenvalue weighted by Crippen LogP contribution is -2.37. The van der Waals surface area contributed by atoms with E-state index in [1.54, 1.807) is 18.3 Å². The summed E-state index contributed by atoms with van der Waals surface area (Å²) in [6.07, 6.45) is 4.18. The maximum absolute atomic E-state index is 11.8. The third kappa shape index (κ3) is 4.77. The third-order valence-corrected chi connectivity index (χ3v) is 5.06. The summed E-state index contributed by atoms with van der Waals surface area (Å²) in [6.45, 7) is 1.62. The van der Waals surface area contributed by atoms with Crippen molar-refractivity contribution in [1.82, 2.24) is 10.3 Å². The molecule has 0 aliphatic heterocycles. The van der Waals surface area contributed by atoms with Crippen LogP contribution in [0.4, 0.5) is 0 Å². The van der Waals surface area contributed by atoms with Gasteiger partial charge in [-0.2, -0.15) is 0 Å². The van der Waals surface area contributed by atoms with Gasteiger partial charge in [-0.05, 0) is 51.2 Å². The number of thiazole rings is 1. The smallest absolute Gasteiger partial charge is 0.306 e. The number of carbonyl (C=O) groups is 2. The predicted molar refractivity (Wildman–Crippen MR) is 93.9 cm³/mol. The van der Waals surface area contributed by atoms with Gasteiger partial charge in [-0.3, -0.25) is 9.59 Å². The summed E-state index contributed by atoms with van der Waals surface area (Å²) in [5.41, 5.74) is 1.03. The molecule has 0 spiro atoms. The lowest BCUT2D eigenvalue weighted by atomic mass is 10.2. The van der Waals surface area contributed by atoms with Gasteiger partial charge < -0.3 is 10.1 Å². The number of rotatable bonds is 8. The highest BCUT2D eigenvalue weighted by Crippen LogP contribution is 2.23. The predicted octanol–water partition coefficient (Wildman–Crippen LogP) is 3.22. The number of fused-ring (bicyclic) bond motifs is 1. The van der Waals surface area contributed by atoms with Gasteiger partial charge in [-0.25, -0.2) is 4.98 Å². The Hall–Kier alpha value is -1.95. The quantitative estimate of drug-likeness (QED) is 0.589. The van der Waals surface area contributed by atoms with Crippen LogP contribution >= 0.6 is 11.3 Å². The molecule has 1 heterocycles. The Morgan fingerprint density at radius 1 is 1.33 bits per heavy atom. The van der Waals surface area contributed by atoms with Gasteiger partial charge in [0.05, 0.1) is 15.2 Å². The SMILES string of the molecule is C[C@H](OC(=O)CCCCc1nc2ccccc2s1)C(=O)NC1CC1. The van der Waals surface area contributed by atoms with E-state index in [4.69, 9.17) is 4.74 Å². The van der Waals surface area contributed by atoms with Gasteiger partial charge in [0, 0.05) is 12.5 Å². The van der Waals surface area contributed by atoms with Crippen LogP contribution in [0, 0.1) is 0 Å². The van der Waals surface area contributed by atoms with Crippen LogP contribution in [0.1, 0.15) is 44.0 Å². The first-order valence-corrected chi connectivity index (χ1v) is 9.28. The van der Waals surface area contributed by atoms with Crippen LogP contribution in [0.15, 0.2) is 24.3 Å². The molecule has 3 rings (SSSR count). The number of benzene rings is 1. The van der Waals surface area contributed by atoms with Crippen molar-refractivity contribution in [1.29, 1.82) is 0 Å². The molecule has 0 saturated heterocycles. The maximum Gasteiger partial charge on any atom is 0.306 e. The maximum atomic E-state index is 11.8. The number of hydrogen-bond donors (Lipinski definition) is 1. The average Bonchev–Trinajstić information content (AvgIpc) is 3.27. The van der Waals surface area contributed by atoms with Crippen LogP contribution < -0.4 is 5.32 Å². The first-order valence-electron chi connectivity index (χ1n) is 8.46. The minimum absolute atomic E-state index is 0.194. The molecular weight excluding hydrogens is 324 g/mol. The molecule has 0 bridgehead atoms. The first kappa shape index (κ1) is 16.9. The topological polar surface area (TPSA) is 68.3 Å². The molecule has 1 aliphatic rings. The standard InChI is InChI=1S/C18H22N2O3S/c1-12(18(22)19-13-10-11-13)23-17(21)9-5-4-8-16-20-14-6-2-3-7-15(14)24-16/h2-3,6-7,12-13H,4-5,8-11H2,1H3,(H,19,22)/t12-/m0/s1. The Labute approximate surface area is 145 Å². The average molecular weight is 346 g/mol. The molecule has 1 amide bonds. The number of ether oxygens (including phenoxy) is 1. The first-order chi connectivity index (χ1) is 11.6. The van der Waals surface area contributed by atoms with E-state index in [1.165, 1.54) is 4.70 Å². The van der Waals surface area contributed by atoms with Crippen molar-refractivity contribution in [3.05, 3.63) is 29.3 Å². The molecule has 1 aliphatic carbocycles. The van der Waals surface area contributed by atoms with Crippen LogP contribution in [0.25, 0.3) is 10.2 Å². The van der Waals surface area contributed by atoms with Crippen molar-refractivity contribution in [2.45, 2.75) is 57.6 Å². The molecule has 0 unspecified atom stereocenters. The van der Waals surface area contributed by atoms with E-state index in [-0.39, 0.29) is 17.9 Å². The van der Waals surface area contributed by atoms with E-state index >= 15 is 0 Å². The van der Waals surface area contributed by atoms with E-state index in [0.717, 1.165) is 42.6 Å². The third-order valence-electron chi connectivity index (χ3n) is 3.96. The Morgan fingerprint density at radius 3 is 2.88 bits per heavy atom. The summed E-state index contributed by atoms with van der Waals surface area (Å²) in [5.74, 6) is -0.502. The van der Waals surface area contributed by atoms with Crippen molar-refractivity contribution >= 4 is 33.4 Å². The molecule has 1 aromatic carbocycles. The van der Waals surface area contributed by atoms with E-state index < -0.39 is 6.10 Å². The largest absolute Gasteiger partial charge is 0.453 e. The number of unbranched alkanes of at least 4 members (excludes halogenated alkanes) is 1. The van der Waals surface area contributed by atoms with Crippen molar-refractivity contribution < 1.29 is 14.3 Å². The van der Waals surface area contributed by atoms with Gasteiger partial charge >= 0.3 is 5.97 Å². The molecule has 0 radical (unpaired) electrons. The zero-order valence-electron chi connectivity index (χ0n) is 13.8. The number of hydrogen-bond acceptors (Lipinski definition) is 5. The number of carbonyl (C=O) groups excluding carboxylic acids is 2. The number of aromatic nitrogens is 1. The van der Waals surface area contributed by atoms with Crippen molar-refractivity contribution in [2.75, 3.05) is 0 Å². The second-order valence-corrected chi connectivity index (χ2v) is 7.31. The van der Waals surface area contributed by atoms with Crippen molar-refractivity contribution in [3.8, 4) is 0 Å². The lowest BCUT2D eigenvalue weighted by molar-refractivity contribution is -0.155. The molecule has 1 aromatic heterocycles. The molecule has 24 heavy (non-hydrogen) atoms. The van der Waals surface area contributed by atoms with Crippen molar-refractivity contribution in [3.63, 3.8) is 0 Å². The second-order valence-electron chi connectivity index (χ2n) is 6.20. The number of esters is 1. The number of amides is 1. The fraction of sp³-hybridized carbons (Fsp3) is 0.500. The Balaban J connectivity index is 1.34. The fourth-order valence-corrected chi connectivity index (χ4v) is 3.44. The molecule has 1 fully saturated rings. The molecular formula is C18H22N2O3S. The number of nitrogens with zero attached hydrogens (tertiary/aromatic N) is 1. The highest BCUT2D eigenvalue weighted by molar-refractivity contribution is 7.18. The minimum atomic E-state index is -0.706. The van der Waals surface area contributed by atoms with Crippen LogP contribution in [0.2, 0.25) is 0 Å². The monoisotopic (exact) mass is 346 g/mol. The summed E-state index contributed by atoms with van der Waals surface area (Å²) in [4.78, 5) is 28.1. The van der Waals surface area contributed by atoms with Gasteiger partial charge in [0.15, 0.2) is 6.10 Å². The van der Waals surface area contributed by atoms with Gasteiger partial charge in [0.1, 0.15) is 0 Å². The van der Waals surface area contributed by atoms with Crippen LogP contribution in [0.3, 0.4) is 0 Å². The molecule has 128 valence electrons. The molecule has 5 nitrogen and oxygen atoms in total. The van der Waals surface area contributed by atoms with E-state index in [1.807, 2.05) is 18.2 Å². The summed E-state index contributed by atoms with van der Waals surface area (Å²) in [6, 6.07) is 8.37. The lowest BCUT2D eigenvalue weighted by Gasteiger charge is -2.12. The molecule has 1 saturated carbocycles. The zero-order chi connectivity index (χ0) is 16.9. The minimum Gasteiger partial charge on any atom is -0.453 e.